The molecule has 3 N–H and O–H groups in total. The minimum Gasteiger partial charge on any atom is -0.490 e. The van der Waals surface area contributed by atoms with Crippen LogP contribution in [-0.4, -0.2) is 20.9 Å². The van der Waals surface area contributed by atoms with Crippen molar-refractivity contribution in [2.75, 3.05) is 6.61 Å². The van der Waals surface area contributed by atoms with Crippen molar-refractivity contribution < 1.29 is 22.4 Å². The summed E-state index contributed by atoms with van der Waals surface area (Å²) in [6, 6.07) is 13.1. The molecular formula is C20H22N2O5S. The van der Waals surface area contributed by atoms with Crippen LogP contribution in [0.25, 0.3) is 11.0 Å². The third-order valence-corrected chi connectivity index (χ3v) is 5.18. The van der Waals surface area contributed by atoms with Crippen LogP contribution in [0.1, 0.15) is 31.2 Å². The predicted octanol–water partition coefficient (Wildman–Crippen LogP) is 2.90. The van der Waals surface area contributed by atoms with Crippen LogP contribution in [0.3, 0.4) is 0 Å². The van der Waals surface area contributed by atoms with E-state index in [1.165, 1.54) is 12.1 Å². The maximum atomic E-state index is 12.3. The van der Waals surface area contributed by atoms with Crippen LogP contribution in [0.15, 0.2) is 57.8 Å². The highest BCUT2D eigenvalue weighted by molar-refractivity contribution is 7.89. The van der Waals surface area contributed by atoms with Gasteiger partial charge in [-0.1, -0.05) is 24.3 Å². The lowest BCUT2D eigenvalue weighted by Crippen LogP contribution is -2.27. The normalized spacial score (nSPS) is 12.7. The number of benzene rings is 2. The molecule has 1 amide bonds. The highest BCUT2D eigenvalue weighted by Crippen LogP contribution is 2.31. The maximum Gasteiger partial charge on any atom is 0.238 e. The second kappa shape index (κ2) is 8.04. The summed E-state index contributed by atoms with van der Waals surface area (Å²) in [4.78, 5) is 12.4. The summed E-state index contributed by atoms with van der Waals surface area (Å²) in [5, 5.41) is 8.86. The van der Waals surface area contributed by atoms with E-state index in [1.54, 1.807) is 12.1 Å². The number of hydrogen-bond donors (Lipinski definition) is 2. The van der Waals surface area contributed by atoms with Crippen LogP contribution in [0.2, 0.25) is 0 Å². The zero-order valence-corrected chi connectivity index (χ0v) is 16.5. The average Bonchev–Trinajstić information content (AvgIpc) is 3.07. The Labute approximate surface area is 163 Å². The first-order valence-corrected chi connectivity index (χ1v) is 10.4. The second-order valence-electron chi connectivity index (χ2n) is 6.41. The number of sulfonamides is 1. The molecule has 0 aliphatic rings. The van der Waals surface area contributed by atoms with Crippen molar-refractivity contribution >= 4 is 26.9 Å². The zero-order valence-electron chi connectivity index (χ0n) is 15.6. The maximum absolute atomic E-state index is 12.3. The van der Waals surface area contributed by atoms with Crippen LogP contribution in [-0.2, 0) is 21.2 Å². The van der Waals surface area contributed by atoms with Gasteiger partial charge in [-0.15, -0.1) is 0 Å². The number of nitrogens with one attached hydrogen (secondary N) is 1. The van der Waals surface area contributed by atoms with Gasteiger partial charge in [0, 0.05) is 5.39 Å². The number of furan rings is 1. The van der Waals surface area contributed by atoms with E-state index in [2.05, 4.69) is 5.32 Å². The van der Waals surface area contributed by atoms with Gasteiger partial charge in [0.1, 0.15) is 5.76 Å². The first-order valence-electron chi connectivity index (χ1n) is 8.84. The molecule has 2 aromatic carbocycles. The van der Waals surface area contributed by atoms with Crippen LogP contribution >= 0.6 is 0 Å². The highest BCUT2D eigenvalue weighted by Gasteiger charge is 2.17. The van der Waals surface area contributed by atoms with Gasteiger partial charge < -0.3 is 14.5 Å². The van der Waals surface area contributed by atoms with Crippen molar-refractivity contribution in [2.24, 2.45) is 5.14 Å². The lowest BCUT2D eigenvalue weighted by molar-refractivity contribution is -0.121. The molecule has 0 radical (unpaired) electrons. The summed E-state index contributed by atoms with van der Waals surface area (Å²) >= 11 is 0. The largest absolute Gasteiger partial charge is 0.490 e. The van der Waals surface area contributed by atoms with Crippen molar-refractivity contribution in [3.8, 4) is 5.75 Å². The molecular weight excluding hydrogens is 380 g/mol. The Morgan fingerprint density at radius 2 is 1.93 bits per heavy atom. The van der Waals surface area contributed by atoms with E-state index >= 15 is 0 Å². The second-order valence-corrected chi connectivity index (χ2v) is 7.97. The molecule has 1 unspecified atom stereocenters. The summed E-state index contributed by atoms with van der Waals surface area (Å²) < 4.78 is 34.0. The van der Waals surface area contributed by atoms with E-state index in [1.807, 2.05) is 38.1 Å². The van der Waals surface area contributed by atoms with Gasteiger partial charge in [0.05, 0.1) is 24.0 Å². The minimum absolute atomic E-state index is 0.0115. The third-order valence-electron chi connectivity index (χ3n) is 4.25. The molecule has 3 aromatic rings. The Hall–Kier alpha value is -2.84. The molecule has 148 valence electrons. The zero-order chi connectivity index (χ0) is 20.3. The molecule has 0 aliphatic carbocycles. The summed E-state index contributed by atoms with van der Waals surface area (Å²) in [7, 11) is -3.75. The number of nitrogens with two attached hydrogens (primary N) is 1. The van der Waals surface area contributed by atoms with E-state index < -0.39 is 10.0 Å². The molecule has 0 bridgehead atoms. The number of hydrogen-bond acceptors (Lipinski definition) is 5. The lowest BCUT2D eigenvalue weighted by Gasteiger charge is -2.11. The standard InChI is InChI=1S/C20H22N2O5S/c1-3-26-17-6-4-5-15-12-18(27-20(15)17)13(2)22-19(23)11-14-7-9-16(10-8-14)28(21,24)25/h4-10,12-13H,3,11H2,1-2H3,(H,22,23)(H2,21,24,25). The molecule has 0 saturated carbocycles. The topological polar surface area (TPSA) is 112 Å². The van der Waals surface area contributed by atoms with Crippen LogP contribution in [0.5, 0.6) is 5.75 Å². The third kappa shape index (κ3) is 4.52. The van der Waals surface area contributed by atoms with Gasteiger partial charge in [-0.2, -0.15) is 0 Å². The average molecular weight is 402 g/mol. The van der Waals surface area contributed by atoms with E-state index in [0.29, 0.717) is 29.3 Å². The lowest BCUT2D eigenvalue weighted by atomic mass is 10.1. The van der Waals surface area contributed by atoms with Gasteiger partial charge in [-0.3, -0.25) is 4.79 Å². The van der Waals surface area contributed by atoms with Gasteiger partial charge in [0.15, 0.2) is 11.3 Å². The molecule has 0 aliphatic heterocycles. The molecule has 1 aromatic heterocycles. The quantitative estimate of drug-likeness (QED) is 0.631. The van der Waals surface area contributed by atoms with E-state index in [0.717, 1.165) is 5.39 Å². The number of primary sulfonamides is 1. The Kier molecular flexibility index (Phi) is 5.71. The van der Waals surface area contributed by atoms with E-state index in [4.69, 9.17) is 14.3 Å². The molecule has 0 spiro atoms. The van der Waals surface area contributed by atoms with Crippen molar-refractivity contribution in [3.05, 3.63) is 59.9 Å². The summed E-state index contributed by atoms with van der Waals surface area (Å²) in [6.45, 7) is 4.27. The molecule has 0 fully saturated rings. The Morgan fingerprint density at radius 3 is 2.57 bits per heavy atom. The van der Waals surface area contributed by atoms with Crippen LogP contribution in [0.4, 0.5) is 0 Å². The Balaban J connectivity index is 1.69. The summed E-state index contributed by atoms with van der Waals surface area (Å²) in [6.07, 6.45) is 0.111. The van der Waals surface area contributed by atoms with Crippen LogP contribution in [0, 0.1) is 0 Å². The number of para-hydroxylation sites is 1. The fourth-order valence-electron chi connectivity index (χ4n) is 2.88. The monoisotopic (exact) mass is 402 g/mol. The number of fused-ring (bicyclic) bond motifs is 1. The van der Waals surface area contributed by atoms with Gasteiger partial charge >= 0.3 is 0 Å². The molecule has 28 heavy (non-hydrogen) atoms. The molecule has 3 rings (SSSR count). The predicted molar refractivity (Wildman–Crippen MR) is 105 cm³/mol. The first-order chi connectivity index (χ1) is 13.3. The number of carbonyl (C=O) groups is 1. The fraction of sp³-hybridized carbons (Fsp3) is 0.250. The van der Waals surface area contributed by atoms with Crippen molar-refractivity contribution in [3.63, 3.8) is 0 Å². The van der Waals surface area contributed by atoms with E-state index in [-0.39, 0.29) is 23.3 Å². The Morgan fingerprint density at radius 1 is 1.21 bits per heavy atom. The van der Waals surface area contributed by atoms with Crippen molar-refractivity contribution in [2.45, 2.75) is 31.2 Å². The minimum atomic E-state index is -3.75. The van der Waals surface area contributed by atoms with Gasteiger partial charge in [-0.25, -0.2) is 13.6 Å². The number of rotatable bonds is 7. The highest BCUT2D eigenvalue weighted by atomic mass is 32.2. The first kappa shape index (κ1) is 19.9. The molecule has 1 heterocycles. The number of ether oxygens (including phenoxy) is 1. The fourth-order valence-corrected chi connectivity index (χ4v) is 3.40. The SMILES string of the molecule is CCOc1cccc2cc(C(C)NC(=O)Cc3ccc(S(N)(=O)=O)cc3)oc12. The Bertz CT molecular complexity index is 1090. The van der Waals surface area contributed by atoms with Gasteiger partial charge in [-0.05, 0) is 43.7 Å². The number of carbonyl (C=O) groups excluding carboxylic acids is 1. The smallest absolute Gasteiger partial charge is 0.238 e. The summed E-state index contributed by atoms with van der Waals surface area (Å²) in [5.74, 6) is 1.08. The molecule has 8 heteroatoms. The van der Waals surface area contributed by atoms with Crippen molar-refractivity contribution in [1.82, 2.24) is 5.32 Å². The van der Waals surface area contributed by atoms with Crippen LogP contribution < -0.4 is 15.2 Å². The van der Waals surface area contributed by atoms with Gasteiger partial charge in [0.25, 0.3) is 0 Å². The molecule has 1 atom stereocenters. The van der Waals surface area contributed by atoms with E-state index in [9.17, 15) is 13.2 Å². The summed E-state index contributed by atoms with van der Waals surface area (Å²) in [5.41, 5.74) is 1.33. The van der Waals surface area contributed by atoms with Crippen molar-refractivity contribution in [1.29, 1.82) is 0 Å². The molecule has 0 saturated heterocycles. The number of amides is 1. The molecule has 7 nitrogen and oxygen atoms in total. The van der Waals surface area contributed by atoms with Gasteiger partial charge in [0.2, 0.25) is 15.9 Å².